The Morgan fingerprint density at radius 2 is 1.63 bits per heavy atom. The quantitative estimate of drug-likeness (QED) is 0.285. The predicted octanol–water partition coefficient (Wildman–Crippen LogP) is 6.95. The third kappa shape index (κ3) is 3.98. The van der Waals surface area contributed by atoms with Crippen molar-refractivity contribution in [2.24, 2.45) is 5.10 Å². The fraction of sp³-hybridized carbons (Fsp3) is 0.171. The molecule has 0 atom stereocenters. The van der Waals surface area contributed by atoms with E-state index in [1.807, 2.05) is 12.1 Å². The summed E-state index contributed by atoms with van der Waals surface area (Å²) in [5, 5.41) is 15.1. The molecule has 2 aliphatic heterocycles. The summed E-state index contributed by atoms with van der Waals surface area (Å²) in [6, 6.07) is 30.5. The Balaban J connectivity index is 1.23. The van der Waals surface area contributed by atoms with Gasteiger partial charge >= 0.3 is 5.97 Å². The van der Waals surface area contributed by atoms with Gasteiger partial charge in [-0.3, -0.25) is 4.79 Å². The lowest BCUT2D eigenvalue weighted by Crippen LogP contribution is -2.25. The highest BCUT2D eigenvalue weighted by molar-refractivity contribution is 6.53. The van der Waals surface area contributed by atoms with Crippen LogP contribution in [0.5, 0.6) is 0 Å². The fourth-order valence-electron chi connectivity index (χ4n) is 6.45. The van der Waals surface area contributed by atoms with Crippen LogP contribution in [0.3, 0.4) is 0 Å². The first kappa shape index (κ1) is 25.0. The monoisotopic (exact) mass is 539 g/mol. The van der Waals surface area contributed by atoms with Gasteiger partial charge in [0.05, 0.1) is 11.3 Å². The maximum absolute atomic E-state index is 13.2. The maximum Gasteiger partial charge on any atom is 0.357 e. The van der Waals surface area contributed by atoms with Gasteiger partial charge in [-0.1, -0.05) is 68.4 Å². The number of rotatable bonds is 4. The molecule has 0 saturated heterocycles. The van der Waals surface area contributed by atoms with E-state index in [4.69, 9.17) is 0 Å². The average Bonchev–Trinajstić information content (AvgIpc) is 3.43. The Labute approximate surface area is 238 Å². The molecule has 4 aromatic rings. The van der Waals surface area contributed by atoms with E-state index in [1.54, 1.807) is 30.3 Å². The molecule has 0 saturated carbocycles. The van der Waals surface area contributed by atoms with Crippen molar-refractivity contribution in [2.45, 2.75) is 32.1 Å². The lowest BCUT2D eigenvalue weighted by Gasteiger charge is -2.33. The third-order valence-electron chi connectivity index (χ3n) is 8.49. The van der Waals surface area contributed by atoms with E-state index in [0.29, 0.717) is 5.69 Å². The lowest BCUT2D eigenvalue weighted by molar-refractivity contribution is -0.129. The number of carbonyl (C=O) groups excluding carboxylic acids is 1. The van der Waals surface area contributed by atoms with E-state index in [2.05, 4.69) is 78.4 Å². The molecule has 2 heterocycles. The molecule has 7 rings (SSSR count). The van der Waals surface area contributed by atoms with Crippen LogP contribution in [0.4, 0.5) is 17.1 Å². The molecular formula is C35H29N3O3. The van der Waals surface area contributed by atoms with Crippen molar-refractivity contribution in [3.8, 4) is 11.1 Å². The molecule has 41 heavy (non-hydrogen) atoms. The SMILES string of the molecule is CC1(C)c2ccccc2-c2ccc(N3CCCc4cc(/C=C5\C(=O)N(c6ccccc6)N=C5C(=O)O)ccc43)cc21. The number of nitrogens with zero attached hydrogens (tertiary/aromatic N) is 3. The van der Waals surface area contributed by atoms with Crippen LogP contribution >= 0.6 is 0 Å². The van der Waals surface area contributed by atoms with Gasteiger partial charge in [0.25, 0.3) is 5.91 Å². The first-order valence-corrected chi connectivity index (χ1v) is 13.9. The van der Waals surface area contributed by atoms with Crippen molar-refractivity contribution >= 4 is 40.7 Å². The van der Waals surface area contributed by atoms with Crippen LogP contribution in [-0.2, 0) is 21.4 Å². The summed E-state index contributed by atoms with van der Waals surface area (Å²) in [5.41, 5.74) is 9.87. The number of carboxylic acid groups (broad SMARTS) is 1. The van der Waals surface area contributed by atoms with Crippen LogP contribution in [-0.4, -0.2) is 29.2 Å². The number of anilines is 3. The smallest absolute Gasteiger partial charge is 0.357 e. The minimum Gasteiger partial charge on any atom is -0.476 e. The van der Waals surface area contributed by atoms with Crippen molar-refractivity contribution in [3.63, 3.8) is 0 Å². The van der Waals surface area contributed by atoms with E-state index in [1.165, 1.54) is 33.5 Å². The number of para-hydroxylation sites is 1. The van der Waals surface area contributed by atoms with Crippen molar-refractivity contribution in [3.05, 3.63) is 119 Å². The molecule has 202 valence electrons. The molecule has 0 fully saturated rings. The number of carboxylic acids is 1. The van der Waals surface area contributed by atoms with Gasteiger partial charge in [-0.2, -0.15) is 10.1 Å². The molecule has 1 amide bonds. The van der Waals surface area contributed by atoms with Crippen LogP contribution in [0.1, 0.15) is 42.5 Å². The normalized spacial score (nSPS) is 17.8. The molecule has 1 aliphatic carbocycles. The largest absolute Gasteiger partial charge is 0.476 e. The molecule has 0 radical (unpaired) electrons. The predicted molar refractivity (Wildman–Crippen MR) is 163 cm³/mol. The lowest BCUT2D eigenvalue weighted by atomic mass is 9.82. The van der Waals surface area contributed by atoms with Gasteiger partial charge in [-0.25, -0.2) is 4.79 Å². The number of fused-ring (bicyclic) bond motifs is 4. The van der Waals surface area contributed by atoms with E-state index in [-0.39, 0.29) is 16.7 Å². The van der Waals surface area contributed by atoms with Gasteiger partial charge in [-0.15, -0.1) is 0 Å². The Bertz CT molecular complexity index is 1800. The Kier molecular flexibility index (Phi) is 5.68. The summed E-state index contributed by atoms with van der Waals surface area (Å²) < 4.78 is 0. The summed E-state index contributed by atoms with van der Waals surface area (Å²) in [6.07, 6.45) is 3.55. The maximum atomic E-state index is 13.2. The first-order chi connectivity index (χ1) is 19.8. The zero-order valence-electron chi connectivity index (χ0n) is 23.0. The number of aliphatic carboxylic acids is 1. The molecule has 0 bridgehead atoms. The van der Waals surface area contributed by atoms with Crippen LogP contribution in [0.25, 0.3) is 17.2 Å². The Morgan fingerprint density at radius 1 is 0.878 bits per heavy atom. The number of benzene rings is 4. The molecular weight excluding hydrogens is 510 g/mol. The number of hydrogen-bond donors (Lipinski definition) is 1. The van der Waals surface area contributed by atoms with Crippen LogP contribution in [0, 0.1) is 0 Å². The topological polar surface area (TPSA) is 73.2 Å². The molecule has 0 spiro atoms. The van der Waals surface area contributed by atoms with Crippen molar-refractivity contribution in [2.75, 3.05) is 16.5 Å². The van der Waals surface area contributed by atoms with Crippen LogP contribution < -0.4 is 9.91 Å². The molecule has 4 aromatic carbocycles. The molecule has 6 heteroatoms. The molecule has 6 nitrogen and oxygen atoms in total. The summed E-state index contributed by atoms with van der Waals surface area (Å²) in [4.78, 5) is 27.6. The molecule has 1 N–H and O–H groups in total. The summed E-state index contributed by atoms with van der Waals surface area (Å²) in [6.45, 7) is 5.51. The van der Waals surface area contributed by atoms with E-state index in [0.717, 1.165) is 35.6 Å². The third-order valence-corrected chi connectivity index (χ3v) is 8.49. The second kappa shape index (κ2) is 9.30. The van der Waals surface area contributed by atoms with Crippen LogP contribution in [0.2, 0.25) is 0 Å². The van der Waals surface area contributed by atoms with Gasteiger partial charge in [0, 0.05) is 23.3 Å². The molecule has 0 aromatic heterocycles. The highest BCUT2D eigenvalue weighted by atomic mass is 16.4. The summed E-state index contributed by atoms with van der Waals surface area (Å²) in [5.74, 6) is -1.68. The second-order valence-electron chi connectivity index (χ2n) is 11.3. The van der Waals surface area contributed by atoms with E-state index in [9.17, 15) is 14.7 Å². The average molecular weight is 540 g/mol. The van der Waals surface area contributed by atoms with Crippen molar-refractivity contribution < 1.29 is 14.7 Å². The summed E-state index contributed by atoms with van der Waals surface area (Å²) >= 11 is 0. The number of carbonyl (C=O) groups is 2. The number of aryl methyl sites for hydroxylation is 1. The first-order valence-electron chi connectivity index (χ1n) is 13.9. The zero-order valence-corrected chi connectivity index (χ0v) is 23.0. The van der Waals surface area contributed by atoms with Crippen molar-refractivity contribution in [1.82, 2.24) is 0 Å². The van der Waals surface area contributed by atoms with Gasteiger partial charge < -0.3 is 10.0 Å². The van der Waals surface area contributed by atoms with E-state index >= 15 is 0 Å². The number of hydrazone groups is 1. The minimum atomic E-state index is -1.23. The van der Waals surface area contributed by atoms with Crippen molar-refractivity contribution in [1.29, 1.82) is 0 Å². The molecule has 3 aliphatic rings. The van der Waals surface area contributed by atoms with Gasteiger partial charge in [0.1, 0.15) is 0 Å². The minimum absolute atomic E-state index is 0.0680. The Morgan fingerprint density at radius 3 is 2.44 bits per heavy atom. The van der Waals surface area contributed by atoms with Gasteiger partial charge in [-0.05, 0) is 88.7 Å². The second-order valence-corrected chi connectivity index (χ2v) is 11.3. The standard InChI is InChI=1S/C35H29N3O3/c1-35(2)29-13-7-6-12-26(29)27-16-15-25(21-30(27)35)37-18-8-9-23-19-22(14-17-31(23)37)20-28-32(34(40)41)36-38(33(28)39)24-10-4-3-5-11-24/h3-7,10-17,19-21H,8-9,18H2,1-2H3,(H,40,41)/b28-20-. The molecule has 0 unspecified atom stereocenters. The van der Waals surface area contributed by atoms with Gasteiger partial charge in [0.2, 0.25) is 0 Å². The fourth-order valence-corrected chi connectivity index (χ4v) is 6.45. The highest BCUT2D eigenvalue weighted by Crippen LogP contribution is 2.50. The summed E-state index contributed by atoms with van der Waals surface area (Å²) in [7, 11) is 0. The van der Waals surface area contributed by atoms with Gasteiger partial charge in [0.15, 0.2) is 5.71 Å². The highest BCUT2D eigenvalue weighted by Gasteiger charge is 2.37. The number of hydrogen-bond acceptors (Lipinski definition) is 4. The zero-order chi connectivity index (χ0) is 28.3. The van der Waals surface area contributed by atoms with E-state index < -0.39 is 11.9 Å². The van der Waals surface area contributed by atoms with Crippen LogP contribution in [0.15, 0.2) is 102 Å². The number of amides is 1. The Hall–Kier alpha value is -4.97.